The maximum absolute atomic E-state index is 13.3. The summed E-state index contributed by atoms with van der Waals surface area (Å²) in [5.74, 6) is -0.403. The lowest BCUT2D eigenvalue weighted by atomic mass is 10.2. The second-order valence-corrected chi connectivity index (χ2v) is 8.73. The van der Waals surface area contributed by atoms with Crippen LogP contribution in [0.25, 0.3) is 0 Å². The summed E-state index contributed by atoms with van der Waals surface area (Å²) in [6.07, 6.45) is -4.70. The molecule has 7 nitrogen and oxygen atoms in total. The lowest BCUT2D eigenvalue weighted by Crippen LogP contribution is -2.38. The number of sulfonamides is 1. The van der Waals surface area contributed by atoms with E-state index in [9.17, 15) is 26.4 Å². The lowest BCUT2D eigenvalue weighted by Gasteiger charge is -2.25. The largest absolute Gasteiger partial charge is 0.497 e. The molecule has 174 valence electrons. The highest BCUT2D eigenvalue weighted by Gasteiger charge is 2.33. The van der Waals surface area contributed by atoms with E-state index in [0.717, 1.165) is 12.1 Å². The fraction of sp³-hybridized carbons (Fsp3) is 0.136. The number of methoxy groups -OCH3 is 1. The number of rotatable bonds is 7. The van der Waals surface area contributed by atoms with Gasteiger partial charge in [-0.2, -0.15) is 13.2 Å². The summed E-state index contributed by atoms with van der Waals surface area (Å²) in [4.78, 5) is 12.5. The molecule has 0 bridgehead atoms. The number of hydrogen-bond acceptors (Lipinski definition) is 5. The van der Waals surface area contributed by atoms with Gasteiger partial charge >= 0.3 is 6.18 Å². The molecule has 33 heavy (non-hydrogen) atoms. The molecule has 11 heteroatoms. The predicted octanol–water partition coefficient (Wildman–Crippen LogP) is 4.13. The van der Waals surface area contributed by atoms with Gasteiger partial charge in [-0.1, -0.05) is 18.2 Å². The van der Waals surface area contributed by atoms with Gasteiger partial charge in [0.25, 0.3) is 10.0 Å². The van der Waals surface area contributed by atoms with Crippen molar-refractivity contribution in [2.75, 3.05) is 29.0 Å². The number of amides is 1. The summed E-state index contributed by atoms with van der Waals surface area (Å²) in [7, 11) is -3.02. The van der Waals surface area contributed by atoms with Crippen LogP contribution >= 0.6 is 0 Å². The number of ether oxygens (including phenoxy) is 1. The molecule has 0 saturated carbocycles. The second kappa shape index (κ2) is 9.41. The van der Waals surface area contributed by atoms with E-state index in [-0.39, 0.29) is 22.0 Å². The SMILES string of the molecule is COc1ccc(S(=O)(=O)N(CC(=O)Nc2ccccc2N)c2cccc(C(F)(F)F)c2)cc1. The number of nitrogens with one attached hydrogen (secondary N) is 1. The van der Waals surface area contributed by atoms with Crippen molar-refractivity contribution in [2.45, 2.75) is 11.1 Å². The van der Waals surface area contributed by atoms with Crippen LogP contribution in [0, 0.1) is 0 Å². The third-order valence-electron chi connectivity index (χ3n) is 4.63. The number of halogens is 3. The summed E-state index contributed by atoms with van der Waals surface area (Å²) < 4.78 is 72.1. The summed E-state index contributed by atoms with van der Waals surface area (Å²) in [5, 5.41) is 2.48. The molecular weight excluding hydrogens is 459 g/mol. The Bertz CT molecular complexity index is 1250. The van der Waals surface area contributed by atoms with E-state index in [1.54, 1.807) is 12.1 Å². The maximum atomic E-state index is 13.3. The number of hydrogen-bond donors (Lipinski definition) is 2. The highest BCUT2D eigenvalue weighted by Crippen LogP contribution is 2.33. The average Bonchev–Trinajstić information content (AvgIpc) is 2.78. The number of nitrogens with two attached hydrogens (primary N) is 1. The van der Waals surface area contributed by atoms with Crippen molar-refractivity contribution in [1.29, 1.82) is 0 Å². The van der Waals surface area contributed by atoms with E-state index in [1.807, 2.05) is 0 Å². The number of benzene rings is 3. The highest BCUT2D eigenvalue weighted by molar-refractivity contribution is 7.92. The van der Waals surface area contributed by atoms with Crippen molar-refractivity contribution >= 4 is 33.0 Å². The average molecular weight is 479 g/mol. The van der Waals surface area contributed by atoms with Gasteiger partial charge in [0.15, 0.2) is 0 Å². The van der Waals surface area contributed by atoms with Crippen LogP contribution in [0.1, 0.15) is 5.56 Å². The molecule has 0 spiro atoms. The van der Waals surface area contributed by atoms with Gasteiger partial charge in [0, 0.05) is 0 Å². The third-order valence-corrected chi connectivity index (χ3v) is 6.42. The first-order valence-corrected chi connectivity index (χ1v) is 10.9. The molecule has 0 aliphatic heterocycles. The second-order valence-electron chi connectivity index (χ2n) is 6.87. The first-order valence-electron chi connectivity index (χ1n) is 9.51. The zero-order valence-electron chi connectivity index (χ0n) is 17.3. The van der Waals surface area contributed by atoms with Crippen LogP contribution in [-0.2, 0) is 21.0 Å². The van der Waals surface area contributed by atoms with Gasteiger partial charge in [0.2, 0.25) is 5.91 Å². The Morgan fingerprint density at radius 1 is 1.03 bits per heavy atom. The molecule has 3 aromatic rings. The third kappa shape index (κ3) is 5.55. The van der Waals surface area contributed by atoms with Gasteiger partial charge < -0.3 is 15.8 Å². The number of carbonyl (C=O) groups excluding carboxylic acids is 1. The van der Waals surface area contributed by atoms with Crippen molar-refractivity contribution in [2.24, 2.45) is 0 Å². The molecule has 3 N–H and O–H groups in total. The Kier molecular flexibility index (Phi) is 6.82. The number of alkyl halides is 3. The fourth-order valence-electron chi connectivity index (χ4n) is 2.96. The zero-order chi connectivity index (χ0) is 24.2. The smallest absolute Gasteiger partial charge is 0.416 e. The van der Waals surface area contributed by atoms with E-state index in [2.05, 4.69) is 5.32 Å². The van der Waals surface area contributed by atoms with E-state index in [1.165, 1.54) is 49.6 Å². The summed E-state index contributed by atoms with van der Waals surface area (Å²) >= 11 is 0. The summed E-state index contributed by atoms with van der Waals surface area (Å²) in [6, 6.07) is 15.3. The minimum Gasteiger partial charge on any atom is -0.497 e. The monoisotopic (exact) mass is 479 g/mol. The van der Waals surface area contributed by atoms with E-state index >= 15 is 0 Å². The van der Waals surface area contributed by atoms with E-state index < -0.39 is 34.2 Å². The van der Waals surface area contributed by atoms with Crippen molar-refractivity contribution in [3.63, 3.8) is 0 Å². The topological polar surface area (TPSA) is 102 Å². The summed E-state index contributed by atoms with van der Waals surface area (Å²) in [5.41, 5.74) is 4.91. The van der Waals surface area contributed by atoms with E-state index in [4.69, 9.17) is 10.5 Å². The van der Waals surface area contributed by atoms with Gasteiger partial charge in [-0.3, -0.25) is 9.10 Å². The van der Waals surface area contributed by atoms with Crippen LogP contribution in [0.3, 0.4) is 0 Å². The Labute approximate surface area is 188 Å². The molecule has 0 aliphatic rings. The van der Waals surface area contributed by atoms with Crippen LogP contribution in [-0.4, -0.2) is 28.0 Å². The summed E-state index contributed by atoms with van der Waals surface area (Å²) in [6.45, 7) is -0.788. The van der Waals surface area contributed by atoms with Crippen molar-refractivity contribution in [1.82, 2.24) is 0 Å². The van der Waals surface area contributed by atoms with Crippen molar-refractivity contribution in [3.05, 3.63) is 78.4 Å². The van der Waals surface area contributed by atoms with E-state index in [0.29, 0.717) is 16.1 Å². The Morgan fingerprint density at radius 2 is 1.70 bits per heavy atom. The van der Waals surface area contributed by atoms with Crippen LogP contribution in [0.15, 0.2) is 77.7 Å². The van der Waals surface area contributed by atoms with Gasteiger partial charge in [-0.15, -0.1) is 0 Å². The first-order chi connectivity index (χ1) is 15.5. The molecule has 0 radical (unpaired) electrons. The number of anilines is 3. The molecule has 0 unspecified atom stereocenters. The molecule has 1 amide bonds. The lowest BCUT2D eigenvalue weighted by molar-refractivity contribution is -0.137. The van der Waals surface area contributed by atoms with Crippen LogP contribution < -0.4 is 20.1 Å². The molecular formula is C22H20F3N3O4S. The standard InChI is InChI=1S/C22H20F3N3O4S/c1-32-17-9-11-18(12-10-17)33(30,31)28(16-6-4-5-15(13-16)22(23,24)25)14-21(29)27-20-8-3-2-7-19(20)26/h2-13H,14,26H2,1H3,(H,27,29). The minimum atomic E-state index is -4.70. The van der Waals surface area contributed by atoms with Gasteiger partial charge in [-0.05, 0) is 54.6 Å². The van der Waals surface area contributed by atoms with Crippen molar-refractivity contribution in [3.8, 4) is 5.75 Å². The van der Waals surface area contributed by atoms with Crippen molar-refractivity contribution < 1.29 is 31.1 Å². The molecule has 0 atom stereocenters. The molecule has 0 saturated heterocycles. The van der Waals surface area contributed by atoms with Crippen LogP contribution in [0.5, 0.6) is 5.75 Å². The quantitative estimate of drug-likeness (QED) is 0.496. The molecule has 0 aromatic heterocycles. The molecule has 0 heterocycles. The number of carbonyl (C=O) groups is 1. The minimum absolute atomic E-state index is 0.229. The Hall–Kier alpha value is -3.73. The van der Waals surface area contributed by atoms with Gasteiger partial charge in [-0.25, -0.2) is 8.42 Å². The fourth-order valence-corrected chi connectivity index (χ4v) is 4.37. The highest BCUT2D eigenvalue weighted by atomic mass is 32.2. The van der Waals surface area contributed by atoms with Gasteiger partial charge in [0.1, 0.15) is 12.3 Å². The normalized spacial score (nSPS) is 11.6. The molecule has 0 aliphatic carbocycles. The molecule has 3 aromatic carbocycles. The Morgan fingerprint density at radius 3 is 2.30 bits per heavy atom. The number of nitrogens with zero attached hydrogens (tertiary/aromatic N) is 1. The zero-order valence-corrected chi connectivity index (χ0v) is 18.2. The predicted molar refractivity (Wildman–Crippen MR) is 118 cm³/mol. The molecule has 0 fully saturated rings. The number of nitrogen functional groups attached to an aromatic ring is 1. The maximum Gasteiger partial charge on any atom is 0.416 e. The Balaban J connectivity index is 2.02. The van der Waals surface area contributed by atoms with Gasteiger partial charge in [0.05, 0.1) is 34.6 Å². The van der Waals surface area contributed by atoms with Crippen LogP contribution in [0.2, 0.25) is 0 Å². The first kappa shape index (κ1) is 23.9. The molecule has 3 rings (SSSR count). The van der Waals surface area contributed by atoms with Crippen LogP contribution in [0.4, 0.5) is 30.2 Å². The number of para-hydroxylation sites is 2.